The summed E-state index contributed by atoms with van der Waals surface area (Å²) in [6.45, 7) is 7.28. The van der Waals surface area contributed by atoms with Crippen molar-refractivity contribution in [3.63, 3.8) is 0 Å². The maximum absolute atomic E-state index is 14.5. The SMILES string of the molecule is Cc1cn(-c2c(F)cccc2Cl)c(=O)c2cnc(Nc3ccc4c(c3)C(C)(C)N(C)CC4)nc12. The number of para-hydroxylation sites is 1. The maximum atomic E-state index is 14.5. The molecule has 0 saturated carbocycles. The Labute approximate surface area is 202 Å². The minimum atomic E-state index is -0.575. The lowest BCUT2D eigenvalue weighted by molar-refractivity contribution is 0.143. The molecule has 2 aromatic heterocycles. The number of hydrogen-bond donors (Lipinski definition) is 1. The van der Waals surface area contributed by atoms with Crippen molar-refractivity contribution in [1.82, 2.24) is 19.4 Å². The van der Waals surface area contributed by atoms with Gasteiger partial charge in [-0.05, 0) is 75.2 Å². The summed E-state index contributed by atoms with van der Waals surface area (Å²) in [7, 11) is 2.14. The molecule has 4 aromatic rings. The molecule has 0 atom stereocenters. The van der Waals surface area contributed by atoms with Gasteiger partial charge in [0.25, 0.3) is 5.56 Å². The van der Waals surface area contributed by atoms with Crippen LogP contribution >= 0.6 is 11.6 Å². The van der Waals surface area contributed by atoms with Gasteiger partial charge in [-0.15, -0.1) is 0 Å². The zero-order chi connectivity index (χ0) is 24.2. The number of benzene rings is 2. The fourth-order valence-corrected chi connectivity index (χ4v) is 4.83. The van der Waals surface area contributed by atoms with Crippen LogP contribution in [0.2, 0.25) is 5.02 Å². The van der Waals surface area contributed by atoms with Gasteiger partial charge in [0.1, 0.15) is 11.5 Å². The smallest absolute Gasteiger partial charge is 0.266 e. The molecular formula is C26H25ClFN5O. The molecule has 0 spiro atoms. The zero-order valence-corrected chi connectivity index (χ0v) is 20.2. The van der Waals surface area contributed by atoms with Crippen molar-refractivity contribution < 1.29 is 4.39 Å². The Balaban J connectivity index is 1.55. The first-order valence-corrected chi connectivity index (χ1v) is 11.5. The van der Waals surface area contributed by atoms with Crippen molar-refractivity contribution in [2.24, 2.45) is 0 Å². The van der Waals surface area contributed by atoms with Gasteiger partial charge in [0.05, 0.1) is 15.9 Å². The van der Waals surface area contributed by atoms with E-state index in [4.69, 9.17) is 11.6 Å². The third-order valence-electron chi connectivity index (χ3n) is 6.81. The minimum absolute atomic E-state index is 0.0167. The van der Waals surface area contributed by atoms with Gasteiger partial charge >= 0.3 is 0 Å². The van der Waals surface area contributed by atoms with E-state index in [1.165, 1.54) is 34.0 Å². The molecule has 0 bridgehead atoms. The van der Waals surface area contributed by atoms with Crippen LogP contribution in [0.1, 0.15) is 30.5 Å². The van der Waals surface area contributed by atoms with Crippen molar-refractivity contribution in [2.45, 2.75) is 32.7 Å². The second kappa shape index (κ2) is 8.18. The van der Waals surface area contributed by atoms with Crippen LogP contribution in [-0.2, 0) is 12.0 Å². The highest BCUT2D eigenvalue weighted by molar-refractivity contribution is 6.32. The lowest BCUT2D eigenvalue weighted by atomic mass is 9.83. The van der Waals surface area contributed by atoms with Crippen LogP contribution in [0.5, 0.6) is 0 Å². The van der Waals surface area contributed by atoms with Gasteiger partial charge in [0, 0.05) is 30.2 Å². The van der Waals surface area contributed by atoms with E-state index in [0.717, 1.165) is 18.7 Å². The Hall–Kier alpha value is -3.29. The van der Waals surface area contributed by atoms with Crippen LogP contribution < -0.4 is 10.9 Å². The third kappa shape index (κ3) is 3.65. The van der Waals surface area contributed by atoms with Gasteiger partial charge in [-0.3, -0.25) is 14.3 Å². The highest BCUT2D eigenvalue weighted by Gasteiger charge is 2.32. The lowest BCUT2D eigenvalue weighted by Gasteiger charge is -2.41. The van der Waals surface area contributed by atoms with Crippen LogP contribution in [0.3, 0.4) is 0 Å². The number of nitrogens with zero attached hydrogens (tertiary/aromatic N) is 4. The number of fused-ring (bicyclic) bond motifs is 2. The third-order valence-corrected chi connectivity index (χ3v) is 7.11. The molecule has 0 unspecified atom stereocenters. The first-order valence-electron chi connectivity index (χ1n) is 11.1. The first-order chi connectivity index (χ1) is 16.2. The van der Waals surface area contributed by atoms with Crippen LogP contribution in [0.25, 0.3) is 16.6 Å². The number of anilines is 2. The number of hydrogen-bond acceptors (Lipinski definition) is 5. The molecule has 5 rings (SSSR count). The van der Waals surface area contributed by atoms with Crippen LogP contribution in [0.4, 0.5) is 16.0 Å². The van der Waals surface area contributed by atoms with Gasteiger partial charge in [0.15, 0.2) is 0 Å². The van der Waals surface area contributed by atoms with Crippen molar-refractivity contribution in [3.8, 4) is 5.69 Å². The summed E-state index contributed by atoms with van der Waals surface area (Å²) in [6.07, 6.45) is 4.05. The molecule has 8 heteroatoms. The van der Waals surface area contributed by atoms with Crippen molar-refractivity contribution in [3.05, 3.63) is 86.7 Å². The standard InChI is InChI=1S/C26H25ClFN5O/c1-15-14-33(23-20(27)6-5-7-21(23)28)24(34)18-13-29-25(31-22(15)18)30-17-9-8-16-10-11-32(4)26(2,3)19(16)12-17/h5-9,12-14H,10-11H2,1-4H3,(H,29,30,31). The monoisotopic (exact) mass is 477 g/mol. The van der Waals surface area contributed by atoms with Gasteiger partial charge in [-0.2, -0.15) is 0 Å². The van der Waals surface area contributed by atoms with Crippen LogP contribution in [0, 0.1) is 12.7 Å². The van der Waals surface area contributed by atoms with E-state index in [1.807, 2.05) is 13.0 Å². The highest BCUT2D eigenvalue weighted by Crippen LogP contribution is 2.36. The molecule has 0 saturated heterocycles. The number of aromatic nitrogens is 3. The highest BCUT2D eigenvalue weighted by atomic mass is 35.5. The Bertz CT molecular complexity index is 1480. The van der Waals surface area contributed by atoms with Crippen molar-refractivity contribution in [2.75, 3.05) is 18.9 Å². The Morgan fingerprint density at radius 1 is 1.21 bits per heavy atom. The number of aryl methyl sites for hydroxylation is 1. The van der Waals surface area contributed by atoms with E-state index in [-0.39, 0.29) is 21.6 Å². The predicted molar refractivity (Wildman–Crippen MR) is 134 cm³/mol. The molecule has 1 aliphatic heterocycles. The minimum Gasteiger partial charge on any atom is -0.324 e. The number of nitrogens with one attached hydrogen (secondary N) is 1. The van der Waals surface area contributed by atoms with Crippen molar-refractivity contribution in [1.29, 1.82) is 0 Å². The molecule has 3 heterocycles. The summed E-state index contributed by atoms with van der Waals surface area (Å²) in [5.74, 6) is -0.188. The summed E-state index contributed by atoms with van der Waals surface area (Å²) in [6, 6.07) is 10.6. The molecule has 1 N–H and O–H groups in total. The molecule has 34 heavy (non-hydrogen) atoms. The summed E-state index contributed by atoms with van der Waals surface area (Å²) in [5, 5.41) is 3.72. The number of pyridine rings is 1. The fourth-order valence-electron chi connectivity index (χ4n) is 4.57. The molecule has 6 nitrogen and oxygen atoms in total. The Kier molecular flexibility index (Phi) is 5.41. The fraction of sp³-hybridized carbons (Fsp3) is 0.269. The van der Waals surface area contributed by atoms with Crippen LogP contribution in [0.15, 0.2) is 53.6 Å². The molecular weight excluding hydrogens is 453 g/mol. The second-order valence-corrected chi connectivity index (χ2v) is 9.65. The Morgan fingerprint density at radius 2 is 2.00 bits per heavy atom. The normalized spacial score (nSPS) is 15.4. The van der Waals surface area contributed by atoms with E-state index >= 15 is 0 Å². The molecule has 2 aromatic carbocycles. The molecule has 174 valence electrons. The van der Waals surface area contributed by atoms with Gasteiger partial charge in [0.2, 0.25) is 5.95 Å². The summed E-state index contributed by atoms with van der Waals surface area (Å²) < 4.78 is 15.7. The molecule has 0 radical (unpaired) electrons. The van der Waals surface area contributed by atoms with Crippen molar-refractivity contribution >= 4 is 34.1 Å². The zero-order valence-electron chi connectivity index (χ0n) is 19.5. The average Bonchev–Trinajstić information content (AvgIpc) is 2.80. The van der Waals surface area contributed by atoms with E-state index in [0.29, 0.717) is 17.0 Å². The largest absolute Gasteiger partial charge is 0.324 e. The summed E-state index contributed by atoms with van der Waals surface area (Å²) >= 11 is 6.19. The number of rotatable bonds is 3. The lowest BCUT2D eigenvalue weighted by Crippen LogP contribution is -2.43. The van der Waals surface area contributed by atoms with Gasteiger partial charge in [-0.25, -0.2) is 14.4 Å². The molecule has 0 aliphatic carbocycles. The van der Waals surface area contributed by atoms with E-state index in [2.05, 4.69) is 53.2 Å². The average molecular weight is 478 g/mol. The summed E-state index contributed by atoms with van der Waals surface area (Å²) in [5.41, 5.74) is 4.21. The number of likely N-dealkylation sites (N-methyl/N-ethyl adjacent to an activating group) is 1. The van der Waals surface area contributed by atoms with E-state index < -0.39 is 11.4 Å². The first kappa shape index (κ1) is 22.5. The van der Waals surface area contributed by atoms with Gasteiger partial charge in [-0.1, -0.05) is 23.7 Å². The Morgan fingerprint density at radius 3 is 2.76 bits per heavy atom. The molecule has 0 fully saturated rings. The number of halogens is 2. The van der Waals surface area contributed by atoms with E-state index in [9.17, 15) is 9.18 Å². The van der Waals surface area contributed by atoms with Crippen LogP contribution in [-0.4, -0.2) is 33.0 Å². The quantitative estimate of drug-likeness (QED) is 0.431. The topological polar surface area (TPSA) is 63.1 Å². The van der Waals surface area contributed by atoms with Gasteiger partial charge < -0.3 is 5.32 Å². The maximum Gasteiger partial charge on any atom is 0.266 e. The molecule has 0 amide bonds. The predicted octanol–water partition coefficient (Wildman–Crippen LogP) is 5.35. The summed E-state index contributed by atoms with van der Waals surface area (Å²) in [4.78, 5) is 24.5. The second-order valence-electron chi connectivity index (χ2n) is 9.24. The van der Waals surface area contributed by atoms with E-state index in [1.54, 1.807) is 12.3 Å². The molecule has 1 aliphatic rings.